The third kappa shape index (κ3) is 2.54. The van der Waals surface area contributed by atoms with Gasteiger partial charge in [0.15, 0.2) is 0 Å². The summed E-state index contributed by atoms with van der Waals surface area (Å²) in [5.74, 6) is 0.359. The Hall–Kier alpha value is -0.420. The average Bonchev–Trinajstić information content (AvgIpc) is 2.01. The van der Waals surface area contributed by atoms with Gasteiger partial charge in [0, 0.05) is 25.4 Å². The molecule has 1 aliphatic rings. The molecule has 1 aliphatic heterocycles. The molecule has 0 saturated carbocycles. The lowest BCUT2D eigenvalue weighted by molar-refractivity contribution is -0.122. The van der Waals surface area contributed by atoms with Crippen molar-refractivity contribution in [3.8, 4) is 0 Å². The highest BCUT2D eigenvalue weighted by atomic mass is 32.2. The number of sulfonamides is 1. The molecule has 0 aromatic carbocycles. The van der Waals surface area contributed by atoms with Crippen LogP contribution in [0.2, 0.25) is 0 Å². The van der Waals surface area contributed by atoms with Crippen molar-refractivity contribution >= 4 is 15.8 Å². The van der Waals surface area contributed by atoms with Crippen LogP contribution in [0.3, 0.4) is 0 Å². The number of Topliss-reactive ketones (excluding diaryl/α,β-unsaturated/α-hetero) is 1. The number of carbonyl (C=O) groups is 1. The molecule has 82 valence electrons. The van der Waals surface area contributed by atoms with Crippen molar-refractivity contribution in [3.05, 3.63) is 0 Å². The van der Waals surface area contributed by atoms with E-state index in [1.165, 1.54) is 10.6 Å². The van der Waals surface area contributed by atoms with Gasteiger partial charge in [0.25, 0.3) is 0 Å². The second-order valence-electron chi connectivity index (χ2n) is 4.18. The maximum absolute atomic E-state index is 11.4. The summed E-state index contributed by atoms with van der Waals surface area (Å²) >= 11 is 0. The topological polar surface area (TPSA) is 54.5 Å². The molecule has 1 unspecified atom stereocenters. The van der Waals surface area contributed by atoms with Gasteiger partial charge in [-0.2, -0.15) is 4.31 Å². The lowest BCUT2D eigenvalue weighted by atomic mass is 9.94. The van der Waals surface area contributed by atoms with Gasteiger partial charge in [-0.3, -0.25) is 4.79 Å². The first-order valence-electron chi connectivity index (χ1n) is 4.81. The predicted octanol–water partition coefficient (Wildman–Crippen LogP) is 0.636. The molecule has 0 aromatic rings. The van der Waals surface area contributed by atoms with Crippen LogP contribution in [0.5, 0.6) is 0 Å². The Morgan fingerprint density at radius 3 is 2.43 bits per heavy atom. The Bertz CT molecular complexity index is 321. The van der Waals surface area contributed by atoms with Crippen molar-refractivity contribution in [2.45, 2.75) is 32.7 Å². The molecule has 1 atom stereocenters. The predicted molar refractivity (Wildman–Crippen MR) is 54.4 cm³/mol. The minimum Gasteiger partial charge on any atom is -0.300 e. The maximum atomic E-state index is 11.4. The molecular weight excluding hydrogens is 202 g/mol. The first-order valence-corrected chi connectivity index (χ1v) is 6.65. The number of rotatable bonds is 2. The summed E-state index contributed by atoms with van der Waals surface area (Å²) in [4.78, 5) is 11.2. The molecule has 0 spiro atoms. The summed E-state index contributed by atoms with van der Waals surface area (Å²) in [7, 11) is -3.16. The second kappa shape index (κ2) is 3.98. The van der Waals surface area contributed by atoms with E-state index in [9.17, 15) is 13.2 Å². The van der Waals surface area contributed by atoms with Crippen LogP contribution in [0.25, 0.3) is 0 Å². The molecule has 4 nitrogen and oxygen atoms in total. The van der Waals surface area contributed by atoms with Crippen LogP contribution in [-0.4, -0.2) is 37.3 Å². The number of hydrogen-bond donors (Lipinski definition) is 0. The summed E-state index contributed by atoms with van der Waals surface area (Å²) in [6.45, 7) is 4.24. The summed E-state index contributed by atoms with van der Waals surface area (Å²) in [6, 6.07) is -0.147. The van der Waals surface area contributed by atoms with Gasteiger partial charge in [-0.15, -0.1) is 0 Å². The first-order chi connectivity index (χ1) is 6.32. The van der Waals surface area contributed by atoms with Crippen LogP contribution in [-0.2, 0) is 14.8 Å². The molecule has 5 heteroatoms. The number of piperidine rings is 1. The van der Waals surface area contributed by atoms with Gasteiger partial charge in [-0.05, 0) is 5.92 Å². The molecule has 0 bridgehead atoms. The number of nitrogens with zero attached hydrogens (tertiary/aromatic N) is 1. The lowest BCUT2D eigenvalue weighted by Gasteiger charge is -2.35. The fourth-order valence-corrected chi connectivity index (χ4v) is 3.05. The van der Waals surface area contributed by atoms with Gasteiger partial charge in [0.05, 0.1) is 6.26 Å². The van der Waals surface area contributed by atoms with Crippen LogP contribution in [0, 0.1) is 5.92 Å². The highest BCUT2D eigenvalue weighted by molar-refractivity contribution is 7.88. The molecular formula is C9H17NO3S. The summed E-state index contributed by atoms with van der Waals surface area (Å²) in [6.07, 6.45) is 1.93. The SMILES string of the molecule is CC(C)C1CC(=O)CCN1S(C)(=O)=O. The van der Waals surface area contributed by atoms with Crippen molar-refractivity contribution < 1.29 is 13.2 Å². The van der Waals surface area contributed by atoms with Crippen molar-refractivity contribution in [2.75, 3.05) is 12.8 Å². The molecule has 1 rings (SSSR count). The summed E-state index contributed by atoms with van der Waals surface area (Å²) in [5.41, 5.74) is 0. The molecule has 1 heterocycles. The average molecular weight is 219 g/mol. The van der Waals surface area contributed by atoms with E-state index in [0.717, 1.165) is 0 Å². The molecule has 1 fully saturated rings. The standard InChI is InChI=1S/C9H17NO3S/c1-7(2)9-6-8(11)4-5-10(9)14(3,12)13/h7,9H,4-6H2,1-3H3. The Balaban J connectivity index is 2.89. The molecule has 0 aromatic heterocycles. The van der Waals surface area contributed by atoms with Gasteiger partial charge in [0.1, 0.15) is 5.78 Å². The van der Waals surface area contributed by atoms with Gasteiger partial charge >= 0.3 is 0 Å². The monoisotopic (exact) mass is 219 g/mol. The van der Waals surface area contributed by atoms with Gasteiger partial charge in [-0.25, -0.2) is 8.42 Å². The lowest BCUT2D eigenvalue weighted by Crippen LogP contribution is -2.48. The van der Waals surface area contributed by atoms with Crippen LogP contribution in [0.4, 0.5) is 0 Å². The smallest absolute Gasteiger partial charge is 0.211 e. The quantitative estimate of drug-likeness (QED) is 0.684. The third-order valence-corrected chi connectivity index (χ3v) is 3.92. The van der Waals surface area contributed by atoms with Gasteiger partial charge in [-0.1, -0.05) is 13.8 Å². The zero-order chi connectivity index (χ0) is 10.9. The fourth-order valence-electron chi connectivity index (χ4n) is 1.82. The largest absolute Gasteiger partial charge is 0.300 e. The van der Waals surface area contributed by atoms with E-state index in [4.69, 9.17) is 0 Å². The van der Waals surface area contributed by atoms with Gasteiger partial charge < -0.3 is 0 Å². The van der Waals surface area contributed by atoms with E-state index >= 15 is 0 Å². The molecule has 0 aliphatic carbocycles. The molecule has 0 radical (unpaired) electrons. The van der Waals surface area contributed by atoms with Crippen LogP contribution in [0.1, 0.15) is 26.7 Å². The third-order valence-electron chi connectivity index (χ3n) is 2.61. The Kier molecular flexibility index (Phi) is 3.32. The van der Waals surface area contributed by atoms with E-state index in [-0.39, 0.29) is 17.7 Å². The minimum absolute atomic E-state index is 0.147. The van der Waals surface area contributed by atoms with Crippen LogP contribution < -0.4 is 0 Å². The number of hydrogen-bond acceptors (Lipinski definition) is 3. The maximum Gasteiger partial charge on any atom is 0.211 e. The van der Waals surface area contributed by atoms with E-state index in [1.54, 1.807) is 0 Å². The normalized spacial score (nSPS) is 25.7. The number of carbonyl (C=O) groups excluding carboxylic acids is 1. The zero-order valence-electron chi connectivity index (χ0n) is 8.86. The highest BCUT2D eigenvalue weighted by Gasteiger charge is 2.34. The fraction of sp³-hybridized carbons (Fsp3) is 0.889. The van der Waals surface area contributed by atoms with Crippen molar-refractivity contribution in [1.82, 2.24) is 4.31 Å². The van der Waals surface area contributed by atoms with Crippen molar-refractivity contribution in [3.63, 3.8) is 0 Å². The Morgan fingerprint density at radius 2 is 2.00 bits per heavy atom. The van der Waals surface area contributed by atoms with E-state index in [0.29, 0.717) is 19.4 Å². The molecule has 14 heavy (non-hydrogen) atoms. The summed E-state index contributed by atoms with van der Waals surface area (Å²) in [5, 5.41) is 0. The van der Waals surface area contributed by atoms with Crippen LogP contribution >= 0.6 is 0 Å². The van der Waals surface area contributed by atoms with Crippen LogP contribution in [0.15, 0.2) is 0 Å². The molecule has 0 amide bonds. The highest BCUT2D eigenvalue weighted by Crippen LogP contribution is 2.23. The Labute approximate surface area is 85.3 Å². The number of ketones is 1. The van der Waals surface area contributed by atoms with Crippen molar-refractivity contribution in [2.24, 2.45) is 5.92 Å². The van der Waals surface area contributed by atoms with E-state index in [2.05, 4.69) is 0 Å². The van der Waals surface area contributed by atoms with E-state index in [1.807, 2.05) is 13.8 Å². The minimum atomic E-state index is -3.16. The zero-order valence-corrected chi connectivity index (χ0v) is 9.67. The summed E-state index contributed by atoms with van der Waals surface area (Å²) < 4.78 is 24.3. The first kappa shape index (κ1) is 11.7. The van der Waals surface area contributed by atoms with Crippen molar-refractivity contribution in [1.29, 1.82) is 0 Å². The van der Waals surface area contributed by atoms with Gasteiger partial charge in [0.2, 0.25) is 10.0 Å². The molecule has 0 N–H and O–H groups in total. The molecule has 1 saturated heterocycles. The second-order valence-corrected chi connectivity index (χ2v) is 6.11. The Morgan fingerprint density at radius 1 is 1.43 bits per heavy atom. The van der Waals surface area contributed by atoms with E-state index < -0.39 is 10.0 Å².